The largest absolute Gasteiger partial charge is 0.415 e. The Hall–Kier alpha value is -1.06. The molecule has 26 heavy (non-hydrogen) atoms. The Kier molecular flexibility index (Phi) is 6.45. The van der Waals surface area contributed by atoms with Crippen LogP contribution in [0.1, 0.15) is 27.2 Å². The van der Waals surface area contributed by atoms with Gasteiger partial charge in [-0.1, -0.05) is 39.0 Å². The molecule has 2 aromatic rings. The molecule has 1 N–H and O–H groups in total. The number of aromatic nitrogens is 1. The lowest BCUT2D eigenvalue weighted by Gasteiger charge is -2.37. The van der Waals surface area contributed by atoms with E-state index in [1.165, 1.54) is 11.3 Å². The molecule has 0 unspecified atom stereocenters. The molecule has 0 aliphatic rings. The van der Waals surface area contributed by atoms with Gasteiger partial charge in [-0.25, -0.2) is 18.1 Å². The number of fused-ring (bicyclic) bond motifs is 1. The van der Waals surface area contributed by atoms with Crippen molar-refractivity contribution in [2.75, 3.05) is 6.61 Å². The van der Waals surface area contributed by atoms with Crippen molar-refractivity contribution in [3.8, 4) is 0 Å². The van der Waals surface area contributed by atoms with E-state index in [-0.39, 0.29) is 15.4 Å². The maximum Gasteiger partial charge on any atom is 0.268 e. The third-order valence-corrected chi connectivity index (χ3v) is 12.2. The van der Waals surface area contributed by atoms with Gasteiger partial charge >= 0.3 is 0 Å². The molecule has 8 heteroatoms. The van der Waals surface area contributed by atoms with Crippen molar-refractivity contribution in [1.82, 2.24) is 9.71 Å². The smallest absolute Gasteiger partial charge is 0.268 e. The molecule has 1 aromatic carbocycles. The molecule has 1 aromatic heterocycles. The summed E-state index contributed by atoms with van der Waals surface area (Å²) in [5.74, 6) is 0. The lowest BCUT2D eigenvalue weighted by Crippen LogP contribution is -2.46. The van der Waals surface area contributed by atoms with Crippen LogP contribution in [-0.4, -0.2) is 34.4 Å². The lowest BCUT2D eigenvalue weighted by molar-refractivity contribution is 0.255. The van der Waals surface area contributed by atoms with E-state index in [1.807, 2.05) is 24.3 Å². The van der Waals surface area contributed by atoms with Crippen LogP contribution in [0.4, 0.5) is 0 Å². The highest BCUT2D eigenvalue weighted by Gasteiger charge is 2.38. The Morgan fingerprint density at radius 3 is 2.58 bits per heavy atom. The Morgan fingerprint density at radius 2 is 2.00 bits per heavy atom. The van der Waals surface area contributed by atoms with Crippen LogP contribution >= 0.6 is 11.3 Å². The SMILES string of the molecule is C=CC[C@@H](CO[Si](C)(C)C(C)(C)C)NS(=O)(=O)c1nc2ccccc2s1. The molecule has 0 bridgehead atoms. The van der Waals surface area contributed by atoms with Crippen molar-refractivity contribution in [3.63, 3.8) is 0 Å². The molecule has 0 radical (unpaired) electrons. The van der Waals surface area contributed by atoms with Crippen molar-refractivity contribution in [1.29, 1.82) is 0 Å². The van der Waals surface area contributed by atoms with Crippen LogP contribution in [0.15, 0.2) is 41.3 Å². The quantitative estimate of drug-likeness (QED) is 0.510. The molecule has 5 nitrogen and oxygen atoms in total. The molecule has 0 spiro atoms. The second kappa shape index (κ2) is 7.90. The molecule has 0 saturated carbocycles. The van der Waals surface area contributed by atoms with E-state index in [2.05, 4.69) is 50.2 Å². The fourth-order valence-corrected chi connectivity index (χ4v) is 5.64. The Balaban J connectivity index is 2.16. The molecule has 0 amide bonds. The van der Waals surface area contributed by atoms with E-state index in [0.29, 0.717) is 18.5 Å². The average Bonchev–Trinajstić information content (AvgIpc) is 2.96. The van der Waals surface area contributed by atoms with E-state index < -0.39 is 18.3 Å². The number of sulfonamides is 1. The van der Waals surface area contributed by atoms with Gasteiger partial charge in [0, 0.05) is 6.04 Å². The molecule has 0 saturated heterocycles. The summed E-state index contributed by atoms with van der Waals surface area (Å²) in [7, 11) is -5.66. The molecule has 2 rings (SSSR count). The van der Waals surface area contributed by atoms with Gasteiger partial charge in [-0.15, -0.1) is 17.9 Å². The third-order valence-electron chi connectivity index (χ3n) is 4.73. The van der Waals surface area contributed by atoms with Crippen molar-refractivity contribution in [2.24, 2.45) is 0 Å². The van der Waals surface area contributed by atoms with E-state index in [0.717, 1.165) is 4.70 Å². The lowest BCUT2D eigenvalue weighted by atomic mass is 10.2. The first kappa shape index (κ1) is 21.2. The standard InChI is InChI=1S/C18H28N2O3S2Si/c1-7-10-14(13-23-26(5,6)18(2,3)4)20-25(21,22)17-19-15-11-8-9-12-16(15)24-17/h7-9,11-12,14,20H,1,10,13H2,2-6H3/t14-/m0/s1. The van der Waals surface area contributed by atoms with Crippen molar-refractivity contribution in [3.05, 3.63) is 36.9 Å². The van der Waals surface area contributed by atoms with E-state index in [4.69, 9.17) is 4.43 Å². The summed E-state index contributed by atoms with van der Waals surface area (Å²) in [5.41, 5.74) is 0.690. The first-order chi connectivity index (χ1) is 12.0. The second-order valence-corrected chi connectivity index (χ2v) is 15.6. The van der Waals surface area contributed by atoms with Crippen molar-refractivity contribution in [2.45, 2.75) is 55.7 Å². The van der Waals surface area contributed by atoms with Crippen LogP contribution in [0.5, 0.6) is 0 Å². The zero-order chi connectivity index (χ0) is 19.6. The predicted octanol–water partition coefficient (Wildman–Crippen LogP) is 4.54. The van der Waals surface area contributed by atoms with Gasteiger partial charge in [0.05, 0.1) is 16.8 Å². The summed E-state index contributed by atoms with van der Waals surface area (Å²) in [5, 5.41) is 0.0671. The molecule has 0 aliphatic carbocycles. The molecule has 1 heterocycles. The first-order valence-electron chi connectivity index (χ1n) is 8.59. The minimum Gasteiger partial charge on any atom is -0.415 e. The van der Waals surface area contributed by atoms with Gasteiger partial charge in [-0.2, -0.15) is 0 Å². The maximum absolute atomic E-state index is 12.8. The highest BCUT2D eigenvalue weighted by Crippen LogP contribution is 2.36. The molecule has 0 aliphatic heterocycles. The van der Waals surface area contributed by atoms with Crippen LogP contribution < -0.4 is 4.72 Å². The second-order valence-electron chi connectivity index (χ2n) is 7.86. The summed E-state index contributed by atoms with van der Waals surface area (Å²) in [6.07, 6.45) is 2.21. The molecule has 1 atom stereocenters. The number of hydrogen-bond acceptors (Lipinski definition) is 5. The number of hydrogen-bond donors (Lipinski definition) is 1. The van der Waals surface area contributed by atoms with Gasteiger partial charge < -0.3 is 4.43 Å². The monoisotopic (exact) mass is 412 g/mol. The minimum atomic E-state index is -3.70. The predicted molar refractivity (Wildman–Crippen MR) is 112 cm³/mol. The Labute approximate surface area is 161 Å². The van der Waals surface area contributed by atoms with Crippen LogP contribution in [0.3, 0.4) is 0 Å². The number of thiazole rings is 1. The van der Waals surface area contributed by atoms with Crippen molar-refractivity contribution < 1.29 is 12.8 Å². The van der Waals surface area contributed by atoms with Crippen LogP contribution in [-0.2, 0) is 14.4 Å². The van der Waals surface area contributed by atoms with Crippen molar-refractivity contribution >= 4 is 39.9 Å². The summed E-state index contributed by atoms with van der Waals surface area (Å²) in [6.45, 7) is 14.8. The normalized spacial score (nSPS) is 14.5. The maximum atomic E-state index is 12.8. The van der Waals surface area contributed by atoms with E-state index in [9.17, 15) is 8.42 Å². The number of benzene rings is 1. The van der Waals surface area contributed by atoms with Gasteiger partial charge in [0.25, 0.3) is 10.0 Å². The zero-order valence-corrected chi connectivity index (χ0v) is 18.7. The fourth-order valence-electron chi connectivity index (χ4n) is 2.11. The van der Waals surface area contributed by atoms with Gasteiger partial charge in [-0.3, -0.25) is 0 Å². The van der Waals surface area contributed by atoms with Gasteiger partial charge in [0.2, 0.25) is 4.34 Å². The minimum absolute atomic E-state index is 0.0671. The van der Waals surface area contributed by atoms with Gasteiger partial charge in [0.1, 0.15) is 0 Å². The number of para-hydroxylation sites is 1. The van der Waals surface area contributed by atoms with Gasteiger partial charge in [-0.05, 0) is 36.7 Å². The van der Waals surface area contributed by atoms with Crippen LogP contribution in [0.25, 0.3) is 10.2 Å². The topological polar surface area (TPSA) is 68.3 Å². The highest BCUT2D eigenvalue weighted by molar-refractivity contribution is 7.91. The first-order valence-corrected chi connectivity index (χ1v) is 13.8. The third kappa shape index (κ3) is 5.01. The summed E-state index contributed by atoms with van der Waals surface area (Å²) in [6, 6.07) is 7.04. The number of nitrogens with zero attached hydrogens (tertiary/aromatic N) is 1. The summed E-state index contributed by atoms with van der Waals surface area (Å²) < 4.78 is 35.4. The zero-order valence-electron chi connectivity index (χ0n) is 16.1. The molecule has 0 fully saturated rings. The Morgan fingerprint density at radius 1 is 1.35 bits per heavy atom. The fraction of sp³-hybridized carbons (Fsp3) is 0.500. The van der Waals surface area contributed by atoms with Crippen LogP contribution in [0, 0.1) is 0 Å². The Bertz CT molecular complexity index is 837. The average molecular weight is 413 g/mol. The van der Waals surface area contributed by atoms with Crippen LogP contribution in [0.2, 0.25) is 18.1 Å². The van der Waals surface area contributed by atoms with Gasteiger partial charge in [0.15, 0.2) is 8.32 Å². The molecule has 144 valence electrons. The van der Waals surface area contributed by atoms with E-state index in [1.54, 1.807) is 6.08 Å². The molecular weight excluding hydrogens is 384 g/mol. The summed E-state index contributed by atoms with van der Waals surface area (Å²) in [4.78, 5) is 4.26. The molecular formula is C18H28N2O3S2Si. The summed E-state index contributed by atoms with van der Waals surface area (Å²) >= 11 is 1.17. The van der Waals surface area contributed by atoms with E-state index >= 15 is 0 Å². The number of rotatable bonds is 8. The number of nitrogens with one attached hydrogen (secondary N) is 1. The highest BCUT2D eigenvalue weighted by atomic mass is 32.2.